The van der Waals surface area contributed by atoms with Gasteiger partial charge >= 0.3 is 0 Å². The van der Waals surface area contributed by atoms with Crippen molar-refractivity contribution in [1.82, 2.24) is 15.3 Å². The Hall–Kier alpha value is -3.34. The molecule has 0 saturated carbocycles. The minimum atomic E-state index is -3.40. The van der Waals surface area contributed by atoms with Crippen molar-refractivity contribution in [1.29, 1.82) is 0 Å². The molecule has 0 fully saturated rings. The van der Waals surface area contributed by atoms with E-state index in [0.717, 1.165) is 35.3 Å². The molecule has 0 unspecified atom stereocenters. The topological polar surface area (TPSA) is 123 Å². The van der Waals surface area contributed by atoms with Gasteiger partial charge in [-0.15, -0.1) is 0 Å². The molecule has 9 nitrogen and oxygen atoms in total. The SMILES string of the molecule is COC[C@H](C)Oc1cc(Oc2ccc(S(C)(=O)=O)nc2)cc(-c2ccc(C3=CC[C@H](CO)N3)[nH]2)c1. The highest BCUT2D eigenvalue weighted by molar-refractivity contribution is 7.90. The summed E-state index contributed by atoms with van der Waals surface area (Å²) in [5.41, 5.74) is 3.56. The number of pyridine rings is 1. The number of methoxy groups -OCH3 is 1. The highest BCUT2D eigenvalue weighted by Gasteiger charge is 2.18. The molecule has 2 atom stereocenters. The van der Waals surface area contributed by atoms with Crippen LogP contribution in [0.15, 0.2) is 59.8 Å². The van der Waals surface area contributed by atoms with Crippen molar-refractivity contribution in [3.05, 3.63) is 60.4 Å². The molecule has 186 valence electrons. The molecule has 0 aliphatic carbocycles. The van der Waals surface area contributed by atoms with Crippen LogP contribution in [-0.2, 0) is 14.6 Å². The van der Waals surface area contributed by atoms with Crippen molar-refractivity contribution in [2.45, 2.75) is 30.5 Å². The monoisotopic (exact) mass is 499 g/mol. The summed E-state index contributed by atoms with van der Waals surface area (Å²) in [7, 11) is -1.78. The summed E-state index contributed by atoms with van der Waals surface area (Å²) in [6.07, 6.45) is 5.13. The normalized spacial score (nSPS) is 16.5. The van der Waals surface area contributed by atoms with Crippen molar-refractivity contribution < 1.29 is 27.7 Å². The molecule has 1 aromatic carbocycles. The lowest BCUT2D eigenvalue weighted by Gasteiger charge is -2.16. The zero-order chi connectivity index (χ0) is 25.0. The van der Waals surface area contributed by atoms with Crippen molar-refractivity contribution in [3.8, 4) is 28.5 Å². The fraction of sp³-hybridized carbons (Fsp3) is 0.320. The number of H-pyrrole nitrogens is 1. The van der Waals surface area contributed by atoms with Gasteiger partial charge in [-0.3, -0.25) is 0 Å². The van der Waals surface area contributed by atoms with Crippen LogP contribution in [0.25, 0.3) is 17.0 Å². The van der Waals surface area contributed by atoms with Crippen LogP contribution in [0.4, 0.5) is 0 Å². The molecule has 3 heterocycles. The number of rotatable bonds is 10. The van der Waals surface area contributed by atoms with Gasteiger partial charge in [-0.25, -0.2) is 13.4 Å². The van der Waals surface area contributed by atoms with Gasteiger partial charge in [0.15, 0.2) is 14.9 Å². The number of aliphatic hydroxyl groups is 1. The Labute approximate surface area is 204 Å². The lowest BCUT2D eigenvalue weighted by Crippen LogP contribution is -2.25. The van der Waals surface area contributed by atoms with E-state index in [1.165, 1.54) is 12.3 Å². The third-order valence-corrected chi connectivity index (χ3v) is 6.42. The number of ether oxygens (including phenoxy) is 3. The van der Waals surface area contributed by atoms with E-state index in [0.29, 0.717) is 23.9 Å². The van der Waals surface area contributed by atoms with Gasteiger partial charge in [0.2, 0.25) is 0 Å². The Kier molecular flexibility index (Phi) is 7.44. The van der Waals surface area contributed by atoms with E-state index >= 15 is 0 Å². The molecular weight excluding hydrogens is 470 g/mol. The first kappa shape index (κ1) is 24.8. The quantitative estimate of drug-likeness (QED) is 0.388. The average molecular weight is 500 g/mol. The number of hydrogen-bond donors (Lipinski definition) is 3. The first-order valence-corrected chi connectivity index (χ1v) is 13.1. The number of aliphatic hydroxyl groups excluding tert-OH is 1. The summed E-state index contributed by atoms with van der Waals surface area (Å²) in [6.45, 7) is 2.41. The van der Waals surface area contributed by atoms with Gasteiger partial charge in [-0.2, -0.15) is 0 Å². The number of sulfone groups is 1. The van der Waals surface area contributed by atoms with Crippen LogP contribution in [0.3, 0.4) is 0 Å². The molecule has 0 spiro atoms. The molecular formula is C25H29N3O6S. The number of nitrogens with zero attached hydrogens (tertiary/aromatic N) is 1. The van der Waals surface area contributed by atoms with E-state index in [4.69, 9.17) is 14.2 Å². The highest BCUT2D eigenvalue weighted by atomic mass is 32.2. The number of hydrogen-bond acceptors (Lipinski definition) is 8. The molecule has 1 aliphatic rings. The van der Waals surface area contributed by atoms with E-state index in [-0.39, 0.29) is 23.8 Å². The molecule has 1 aliphatic heterocycles. The molecule has 3 aromatic rings. The van der Waals surface area contributed by atoms with Crippen LogP contribution >= 0.6 is 0 Å². The van der Waals surface area contributed by atoms with Crippen LogP contribution in [0.1, 0.15) is 19.0 Å². The first-order chi connectivity index (χ1) is 16.7. The summed E-state index contributed by atoms with van der Waals surface area (Å²) in [6, 6.07) is 12.5. The highest BCUT2D eigenvalue weighted by Crippen LogP contribution is 2.33. The molecule has 0 amide bonds. The molecule has 35 heavy (non-hydrogen) atoms. The molecule has 0 radical (unpaired) electrons. The summed E-state index contributed by atoms with van der Waals surface area (Å²) in [4.78, 5) is 7.39. The smallest absolute Gasteiger partial charge is 0.192 e. The summed E-state index contributed by atoms with van der Waals surface area (Å²) >= 11 is 0. The van der Waals surface area contributed by atoms with Crippen LogP contribution < -0.4 is 14.8 Å². The summed E-state index contributed by atoms with van der Waals surface area (Å²) in [5, 5.41) is 12.7. The lowest BCUT2D eigenvalue weighted by molar-refractivity contribution is 0.0920. The van der Waals surface area contributed by atoms with Crippen LogP contribution in [0, 0.1) is 0 Å². The Bertz CT molecular complexity index is 1300. The van der Waals surface area contributed by atoms with Crippen molar-refractivity contribution >= 4 is 15.5 Å². The average Bonchev–Trinajstić information content (AvgIpc) is 3.48. The lowest BCUT2D eigenvalue weighted by atomic mass is 10.1. The van der Waals surface area contributed by atoms with Crippen molar-refractivity contribution in [3.63, 3.8) is 0 Å². The number of aromatic amines is 1. The van der Waals surface area contributed by atoms with Crippen LogP contribution in [-0.4, -0.2) is 62.2 Å². The third-order valence-electron chi connectivity index (χ3n) is 5.42. The fourth-order valence-corrected chi connectivity index (χ4v) is 4.32. The fourth-order valence-electron chi connectivity index (χ4n) is 3.76. The van der Waals surface area contributed by atoms with E-state index < -0.39 is 9.84 Å². The maximum absolute atomic E-state index is 11.7. The first-order valence-electron chi connectivity index (χ1n) is 11.2. The molecule has 10 heteroatoms. The largest absolute Gasteiger partial charge is 0.488 e. The second kappa shape index (κ2) is 10.5. The maximum Gasteiger partial charge on any atom is 0.192 e. The van der Waals surface area contributed by atoms with Crippen molar-refractivity contribution in [2.24, 2.45) is 0 Å². The van der Waals surface area contributed by atoms with Gasteiger partial charge in [0.25, 0.3) is 0 Å². The Balaban J connectivity index is 1.62. The zero-order valence-corrected chi connectivity index (χ0v) is 20.6. The van der Waals surface area contributed by atoms with E-state index in [1.54, 1.807) is 19.2 Å². The van der Waals surface area contributed by atoms with E-state index in [9.17, 15) is 13.5 Å². The molecule has 0 saturated heterocycles. The standard InChI is InChI=1S/C25H29N3O6S/c1-16(15-32-2)33-20-10-17(22-7-8-24(28-22)23-6-4-18(14-29)27-23)11-21(12-20)34-19-5-9-25(26-13-19)35(3,30)31/h5-13,16,18,27-29H,4,14-15H2,1-3H3/t16-,18+/m0/s1. The predicted octanol–water partition coefficient (Wildman–Crippen LogP) is 3.38. The number of aromatic nitrogens is 2. The van der Waals surface area contributed by atoms with Gasteiger partial charge in [-0.05, 0) is 49.7 Å². The molecule has 0 bridgehead atoms. The minimum absolute atomic E-state index is 0.0202. The summed E-state index contributed by atoms with van der Waals surface area (Å²) < 4.78 is 40.6. The van der Waals surface area contributed by atoms with Gasteiger partial charge in [0.05, 0.1) is 36.8 Å². The maximum atomic E-state index is 11.7. The zero-order valence-electron chi connectivity index (χ0n) is 19.8. The second-order valence-electron chi connectivity index (χ2n) is 8.45. The molecule has 2 aromatic heterocycles. The van der Waals surface area contributed by atoms with Gasteiger partial charge in [0.1, 0.15) is 23.4 Å². The Morgan fingerprint density at radius 2 is 1.89 bits per heavy atom. The van der Waals surface area contributed by atoms with Crippen LogP contribution in [0.2, 0.25) is 0 Å². The predicted molar refractivity (Wildman–Crippen MR) is 132 cm³/mol. The molecule has 4 rings (SSSR count). The Morgan fingerprint density at radius 1 is 1.11 bits per heavy atom. The number of nitrogens with one attached hydrogen (secondary N) is 2. The Morgan fingerprint density at radius 3 is 2.54 bits per heavy atom. The van der Waals surface area contributed by atoms with E-state index in [1.807, 2.05) is 31.2 Å². The van der Waals surface area contributed by atoms with Crippen LogP contribution in [0.5, 0.6) is 17.2 Å². The third kappa shape index (κ3) is 6.21. The number of benzene rings is 1. The molecule has 3 N–H and O–H groups in total. The summed E-state index contributed by atoms with van der Waals surface area (Å²) in [5.74, 6) is 1.50. The van der Waals surface area contributed by atoms with Gasteiger partial charge in [-0.1, -0.05) is 6.08 Å². The minimum Gasteiger partial charge on any atom is -0.488 e. The van der Waals surface area contributed by atoms with Gasteiger partial charge < -0.3 is 29.6 Å². The second-order valence-corrected chi connectivity index (χ2v) is 10.4. The van der Waals surface area contributed by atoms with Crippen molar-refractivity contribution in [2.75, 3.05) is 26.6 Å². The van der Waals surface area contributed by atoms with E-state index in [2.05, 4.69) is 21.4 Å². The van der Waals surface area contributed by atoms with Gasteiger partial charge in [0, 0.05) is 30.7 Å².